The lowest BCUT2D eigenvalue weighted by molar-refractivity contribution is 0.0766. The fourth-order valence-corrected chi connectivity index (χ4v) is 4.60. The Labute approximate surface area is 173 Å². The monoisotopic (exact) mass is 412 g/mol. The van der Waals surface area contributed by atoms with Crippen LogP contribution in [0.25, 0.3) is 16.8 Å². The number of hydrazine groups is 1. The van der Waals surface area contributed by atoms with E-state index in [2.05, 4.69) is 10.7 Å². The van der Waals surface area contributed by atoms with Gasteiger partial charge < -0.3 is 25.8 Å². The maximum atomic E-state index is 13.0. The molecule has 0 spiro atoms. The van der Waals surface area contributed by atoms with Gasteiger partial charge >= 0.3 is 0 Å². The Kier molecular flexibility index (Phi) is 5.89. The van der Waals surface area contributed by atoms with Gasteiger partial charge in [0.1, 0.15) is 5.75 Å². The molecule has 1 amide bonds. The first kappa shape index (κ1) is 19.6. The standard InChI is InChI=1S/C20H24N6O2S/c21-11-14(12-24-22)13-2-3-15-16(10-13)28-9-4-17-18(15)25-19(29-17)20(27)26-7-1-5-23-6-8-26/h2-3,10-12,21,23-24H,1,4-9,22H2/b14-12+,21-11?. The van der Waals surface area contributed by atoms with Gasteiger partial charge in [-0.15, -0.1) is 11.3 Å². The summed E-state index contributed by atoms with van der Waals surface area (Å²) < 4.78 is 5.95. The summed E-state index contributed by atoms with van der Waals surface area (Å²) in [4.78, 5) is 20.7. The molecule has 9 heteroatoms. The van der Waals surface area contributed by atoms with Crippen molar-refractivity contribution < 1.29 is 9.53 Å². The normalized spacial score (nSPS) is 16.7. The SMILES string of the molecule is N=C/C(=C\NN)c1ccc2c(c1)OCCc1sc(C(=O)N3CCCNCC3)nc1-2. The number of aromatic nitrogens is 1. The van der Waals surface area contributed by atoms with Crippen LogP contribution in [0, 0.1) is 5.41 Å². The Morgan fingerprint density at radius 2 is 2.28 bits per heavy atom. The highest BCUT2D eigenvalue weighted by Crippen LogP contribution is 2.39. The average Bonchev–Trinajstić information content (AvgIpc) is 2.90. The summed E-state index contributed by atoms with van der Waals surface area (Å²) in [5, 5.41) is 11.4. The second kappa shape index (κ2) is 8.73. The highest BCUT2D eigenvalue weighted by molar-refractivity contribution is 7.14. The molecule has 1 aromatic carbocycles. The number of nitrogens with one attached hydrogen (secondary N) is 3. The third-order valence-electron chi connectivity index (χ3n) is 5.06. The zero-order valence-electron chi connectivity index (χ0n) is 16.0. The van der Waals surface area contributed by atoms with Crippen LogP contribution in [0.3, 0.4) is 0 Å². The van der Waals surface area contributed by atoms with Crippen LogP contribution in [-0.4, -0.2) is 54.8 Å². The second-order valence-corrected chi connectivity index (χ2v) is 7.99. The number of amides is 1. The lowest BCUT2D eigenvalue weighted by Gasteiger charge is -2.18. The summed E-state index contributed by atoms with van der Waals surface area (Å²) in [6.45, 7) is 3.74. The Morgan fingerprint density at radius 1 is 1.38 bits per heavy atom. The number of nitrogens with two attached hydrogens (primary N) is 1. The van der Waals surface area contributed by atoms with Crippen LogP contribution < -0.4 is 21.3 Å². The van der Waals surface area contributed by atoms with E-state index in [1.165, 1.54) is 17.6 Å². The zero-order valence-corrected chi connectivity index (χ0v) is 16.8. The average molecular weight is 413 g/mol. The van der Waals surface area contributed by atoms with Gasteiger partial charge in [-0.25, -0.2) is 4.98 Å². The molecule has 152 valence electrons. The van der Waals surface area contributed by atoms with Crippen molar-refractivity contribution in [1.29, 1.82) is 5.41 Å². The minimum absolute atomic E-state index is 0.00825. The molecule has 2 aliphatic heterocycles. The molecular weight excluding hydrogens is 388 g/mol. The number of allylic oxidation sites excluding steroid dienone is 1. The number of carbonyl (C=O) groups is 1. The molecule has 3 heterocycles. The molecule has 2 aromatic rings. The molecule has 0 aliphatic carbocycles. The van der Waals surface area contributed by atoms with Crippen LogP contribution in [0.4, 0.5) is 0 Å². The van der Waals surface area contributed by atoms with Crippen molar-refractivity contribution in [2.75, 3.05) is 32.8 Å². The lowest BCUT2D eigenvalue weighted by atomic mass is 10.0. The van der Waals surface area contributed by atoms with Crippen molar-refractivity contribution in [3.63, 3.8) is 0 Å². The molecule has 0 radical (unpaired) electrons. The summed E-state index contributed by atoms with van der Waals surface area (Å²) in [7, 11) is 0. The Bertz CT molecular complexity index is 946. The minimum Gasteiger partial charge on any atom is -0.492 e. The number of hydrogen-bond acceptors (Lipinski definition) is 8. The van der Waals surface area contributed by atoms with E-state index in [1.54, 1.807) is 6.20 Å². The smallest absolute Gasteiger partial charge is 0.282 e. The van der Waals surface area contributed by atoms with Crippen LogP contribution in [-0.2, 0) is 6.42 Å². The predicted molar refractivity (Wildman–Crippen MR) is 114 cm³/mol. The molecule has 0 atom stereocenters. The molecule has 0 saturated carbocycles. The van der Waals surface area contributed by atoms with Gasteiger partial charge in [0.25, 0.3) is 5.91 Å². The maximum Gasteiger partial charge on any atom is 0.282 e. The first-order valence-electron chi connectivity index (χ1n) is 9.65. The second-order valence-electron chi connectivity index (χ2n) is 6.91. The van der Waals surface area contributed by atoms with E-state index >= 15 is 0 Å². The summed E-state index contributed by atoms with van der Waals surface area (Å²) in [6.07, 6.45) is 4.46. The zero-order chi connectivity index (χ0) is 20.2. The van der Waals surface area contributed by atoms with E-state index in [4.69, 9.17) is 21.0 Å². The maximum absolute atomic E-state index is 13.0. The van der Waals surface area contributed by atoms with Crippen LogP contribution >= 0.6 is 11.3 Å². The van der Waals surface area contributed by atoms with E-state index in [0.29, 0.717) is 35.9 Å². The van der Waals surface area contributed by atoms with Crippen LogP contribution in [0.5, 0.6) is 5.75 Å². The van der Waals surface area contributed by atoms with Gasteiger partial charge in [0.15, 0.2) is 5.01 Å². The quantitative estimate of drug-likeness (QED) is 0.345. The summed E-state index contributed by atoms with van der Waals surface area (Å²) in [5.74, 6) is 6.07. The van der Waals surface area contributed by atoms with Crippen molar-refractivity contribution in [2.24, 2.45) is 5.84 Å². The molecular formula is C20H24N6O2S. The number of thiazole rings is 1. The molecule has 1 fully saturated rings. The van der Waals surface area contributed by atoms with E-state index in [9.17, 15) is 4.79 Å². The molecule has 4 rings (SSSR count). The third kappa shape index (κ3) is 4.02. The van der Waals surface area contributed by atoms with Gasteiger partial charge in [-0.1, -0.05) is 6.07 Å². The molecule has 2 aliphatic rings. The van der Waals surface area contributed by atoms with Crippen molar-refractivity contribution >= 4 is 29.0 Å². The summed E-state index contributed by atoms with van der Waals surface area (Å²) >= 11 is 1.47. The number of fused-ring (bicyclic) bond motifs is 3. The Hall–Kier alpha value is -2.75. The number of rotatable bonds is 4. The van der Waals surface area contributed by atoms with Crippen LogP contribution in [0.1, 0.15) is 26.7 Å². The van der Waals surface area contributed by atoms with Gasteiger partial charge in [-0.3, -0.25) is 10.6 Å². The Morgan fingerprint density at radius 3 is 3.10 bits per heavy atom. The molecule has 29 heavy (non-hydrogen) atoms. The van der Waals surface area contributed by atoms with Gasteiger partial charge in [0.2, 0.25) is 0 Å². The molecule has 8 nitrogen and oxygen atoms in total. The lowest BCUT2D eigenvalue weighted by Crippen LogP contribution is -2.34. The van der Waals surface area contributed by atoms with Gasteiger partial charge in [-0.2, -0.15) is 0 Å². The number of hydrogen-bond donors (Lipinski definition) is 4. The first-order valence-corrected chi connectivity index (χ1v) is 10.5. The summed E-state index contributed by atoms with van der Waals surface area (Å²) in [6, 6.07) is 5.74. The first-order chi connectivity index (χ1) is 14.2. The van der Waals surface area contributed by atoms with E-state index < -0.39 is 0 Å². The molecule has 0 bridgehead atoms. The van der Waals surface area contributed by atoms with Crippen molar-refractivity contribution in [1.82, 2.24) is 20.6 Å². The number of ether oxygens (including phenoxy) is 1. The molecule has 5 N–H and O–H groups in total. The predicted octanol–water partition coefficient (Wildman–Crippen LogP) is 1.63. The van der Waals surface area contributed by atoms with Gasteiger partial charge in [-0.05, 0) is 30.7 Å². The van der Waals surface area contributed by atoms with Crippen molar-refractivity contribution in [3.05, 3.63) is 39.8 Å². The van der Waals surface area contributed by atoms with Gasteiger partial charge in [0.05, 0.1) is 12.3 Å². The van der Waals surface area contributed by atoms with Gasteiger partial charge in [0, 0.05) is 54.5 Å². The number of benzene rings is 1. The highest BCUT2D eigenvalue weighted by Gasteiger charge is 2.26. The highest BCUT2D eigenvalue weighted by atomic mass is 32.1. The Balaban J connectivity index is 1.67. The van der Waals surface area contributed by atoms with E-state index in [0.717, 1.165) is 47.8 Å². The van der Waals surface area contributed by atoms with E-state index in [-0.39, 0.29) is 5.91 Å². The third-order valence-corrected chi connectivity index (χ3v) is 6.16. The molecule has 0 unspecified atom stereocenters. The van der Waals surface area contributed by atoms with Crippen LogP contribution in [0.15, 0.2) is 24.4 Å². The molecule has 1 aromatic heterocycles. The fraction of sp³-hybridized carbons (Fsp3) is 0.350. The fourth-order valence-electron chi connectivity index (χ4n) is 3.58. The van der Waals surface area contributed by atoms with Crippen LogP contribution in [0.2, 0.25) is 0 Å². The topological polar surface area (TPSA) is 116 Å². The number of nitrogens with zero attached hydrogens (tertiary/aromatic N) is 2. The minimum atomic E-state index is 0.00825. The van der Waals surface area contributed by atoms with E-state index in [1.807, 2.05) is 23.1 Å². The van der Waals surface area contributed by atoms with Crippen molar-refractivity contribution in [2.45, 2.75) is 12.8 Å². The van der Waals surface area contributed by atoms with Crippen molar-refractivity contribution in [3.8, 4) is 17.0 Å². The summed E-state index contributed by atoms with van der Waals surface area (Å²) in [5.41, 5.74) is 5.63. The largest absolute Gasteiger partial charge is 0.492 e. The molecule has 1 saturated heterocycles. The number of carbonyl (C=O) groups excluding carboxylic acids is 1.